The molecule has 4 aliphatic carbocycles. The lowest BCUT2D eigenvalue weighted by molar-refractivity contribution is -0.142. The van der Waals surface area contributed by atoms with Gasteiger partial charge in [-0.05, 0) is 72.3 Å². The van der Waals surface area contributed by atoms with Crippen LogP contribution in [-0.2, 0) is 14.4 Å². The fourth-order valence-corrected chi connectivity index (χ4v) is 8.96. The first-order chi connectivity index (χ1) is 16.9. The van der Waals surface area contributed by atoms with Gasteiger partial charge < -0.3 is 20.4 Å². The molecule has 0 bridgehead atoms. The number of ketones is 2. The Labute approximate surface area is 220 Å². The van der Waals surface area contributed by atoms with Gasteiger partial charge in [0, 0.05) is 23.8 Å². The molecule has 7 nitrogen and oxygen atoms in total. The monoisotopic (exact) mass is 516 g/mol. The Balaban J connectivity index is 1.79. The fraction of sp³-hybridized carbons (Fsp3) is 0.767. The molecule has 2 saturated carbocycles. The molecule has 0 heterocycles. The zero-order valence-corrected chi connectivity index (χ0v) is 23.3. The Hall–Kier alpha value is -1.83. The van der Waals surface area contributed by atoms with Gasteiger partial charge >= 0.3 is 5.97 Å². The summed E-state index contributed by atoms with van der Waals surface area (Å²) in [5.74, 6) is -2.44. The van der Waals surface area contributed by atoms with E-state index in [4.69, 9.17) is 5.11 Å². The number of carbonyl (C=O) groups excluding carboxylic acids is 2. The van der Waals surface area contributed by atoms with Gasteiger partial charge in [-0.25, -0.2) is 0 Å². The standard InChI is InChI=1S/C30H44O7/c1-15(10-17(31)11-16(2)26(36)37)18-12-23(35)30(7)25-19(32)13-21-27(3,4)22(34)8-9-28(21,5)24(25)20(33)14-29(18,30)6/h10,16,18-19,21-23,32,34-35H,8-9,11-14H2,1-7H3,(H,36,37)/b15-10-/t16?,18-,19+,21+,22+,23+,28+,29-,30+/m1/s1. The number of aliphatic hydroxyl groups excluding tert-OH is 3. The van der Waals surface area contributed by atoms with Crippen LogP contribution in [0, 0.1) is 39.4 Å². The second-order valence-electron chi connectivity index (χ2n) is 13.7. The third-order valence-electron chi connectivity index (χ3n) is 11.4. The Morgan fingerprint density at radius 3 is 2.27 bits per heavy atom. The number of rotatable bonds is 5. The van der Waals surface area contributed by atoms with Gasteiger partial charge in [0.05, 0.1) is 24.2 Å². The van der Waals surface area contributed by atoms with E-state index in [9.17, 15) is 29.7 Å². The minimum Gasteiger partial charge on any atom is -0.481 e. The number of hydrogen-bond donors (Lipinski definition) is 4. The van der Waals surface area contributed by atoms with E-state index < -0.39 is 51.9 Å². The van der Waals surface area contributed by atoms with Crippen LogP contribution in [0.2, 0.25) is 0 Å². The van der Waals surface area contributed by atoms with Crippen molar-refractivity contribution in [3.8, 4) is 0 Å². The van der Waals surface area contributed by atoms with E-state index in [-0.39, 0.29) is 36.2 Å². The predicted octanol–water partition coefficient (Wildman–Crippen LogP) is 3.84. The van der Waals surface area contributed by atoms with Crippen LogP contribution in [0.3, 0.4) is 0 Å². The van der Waals surface area contributed by atoms with E-state index >= 15 is 0 Å². The number of allylic oxidation sites excluding steroid dienone is 3. The van der Waals surface area contributed by atoms with Gasteiger partial charge in [0.25, 0.3) is 0 Å². The summed E-state index contributed by atoms with van der Waals surface area (Å²) in [4.78, 5) is 37.9. The van der Waals surface area contributed by atoms with E-state index in [1.165, 1.54) is 13.0 Å². The molecule has 0 aromatic rings. The number of aliphatic carboxylic acids is 1. The predicted molar refractivity (Wildman–Crippen MR) is 138 cm³/mol. The molecule has 0 radical (unpaired) electrons. The number of aliphatic hydroxyl groups is 3. The third-order valence-corrected chi connectivity index (χ3v) is 11.4. The highest BCUT2D eigenvalue weighted by Crippen LogP contribution is 2.71. The largest absolute Gasteiger partial charge is 0.481 e. The maximum Gasteiger partial charge on any atom is 0.306 e. The number of carbonyl (C=O) groups is 3. The average molecular weight is 517 g/mol. The van der Waals surface area contributed by atoms with Crippen LogP contribution in [0.25, 0.3) is 0 Å². The Morgan fingerprint density at radius 1 is 1.05 bits per heavy atom. The lowest BCUT2D eigenvalue weighted by Crippen LogP contribution is -2.60. The summed E-state index contributed by atoms with van der Waals surface area (Å²) in [6.07, 6.45) is 1.39. The van der Waals surface area contributed by atoms with Crippen molar-refractivity contribution in [2.45, 2.75) is 105 Å². The number of carboxylic acid groups (broad SMARTS) is 1. The van der Waals surface area contributed by atoms with Gasteiger partial charge in [0.15, 0.2) is 11.6 Å². The molecule has 1 unspecified atom stereocenters. The van der Waals surface area contributed by atoms with Gasteiger partial charge in [-0.3, -0.25) is 14.4 Å². The molecule has 0 aliphatic heterocycles. The Morgan fingerprint density at radius 2 is 1.68 bits per heavy atom. The van der Waals surface area contributed by atoms with Crippen LogP contribution in [0.4, 0.5) is 0 Å². The first-order valence-corrected chi connectivity index (χ1v) is 13.7. The molecule has 7 heteroatoms. The molecule has 0 saturated heterocycles. The van der Waals surface area contributed by atoms with Crippen molar-refractivity contribution in [1.29, 1.82) is 0 Å². The summed E-state index contributed by atoms with van der Waals surface area (Å²) < 4.78 is 0. The Bertz CT molecular complexity index is 1090. The van der Waals surface area contributed by atoms with Gasteiger partial charge in [-0.2, -0.15) is 0 Å². The van der Waals surface area contributed by atoms with Gasteiger partial charge in [-0.1, -0.05) is 47.1 Å². The van der Waals surface area contributed by atoms with Crippen molar-refractivity contribution in [3.05, 3.63) is 22.8 Å². The van der Waals surface area contributed by atoms with Gasteiger partial charge in [0.1, 0.15) is 0 Å². The summed E-state index contributed by atoms with van der Waals surface area (Å²) in [6, 6.07) is 0. The SMILES string of the molecule is C/C(=C/C(=O)CC(C)C(=O)O)[C@H]1C[C@H](O)[C@@]2(C)C3=C(C(=O)C[C@]12C)[C@@]1(C)CC[C@H](O)C(C)(C)[C@@H]1C[C@@H]3O. The lowest BCUT2D eigenvalue weighted by Gasteiger charge is -2.62. The lowest BCUT2D eigenvalue weighted by atomic mass is 9.42. The summed E-state index contributed by atoms with van der Waals surface area (Å²) in [5, 5.41) is 43.2. The average Bonchev–Trinajstić information content (AvgIpc) is 2.99. The molecule has 4 rings (SSSR count). The van der Waals surface area contributed by atoms with Crippen molar-refractivity contribution in [1.82, 2.24) is 0 Å². The van der Waals surface area contributed by atoms with E-state index in [0.29, 0.717) is 36.8 Å². The van der Waals surface area contributed by atoms with Crippen LogP contribution in [0.5, 0.6) is 0 Å². The molecule has 206 valence electrons. The molecule has 0 spiro atoms. The molecular weight excluding hydrogens is 472 g/mol. The smallest absolute Gasteiger partial charge is 0.306 e. The second-order valence-corrected chi connectivity index (χ2v) is 13.7. The molecule has 0 amide bonds. The minimum absolute atomic E-state index is 0.00820. The number of hydrogen-bond acceptors (Lipinski definition) is 6. The third kappa shape index (κ3) is 3.82. The molecule has 0 aromatic carbocycles. The van der Waals surface area contributed by atoms with E-state index in [1.54, 1.807) is 0 Å². The zero-order chi connectivity index (χ0) is 27.9. The minimum atomic E-state index is -1.02. The van der Waals surface area contributed by atoms with Crippen LogP contribution in [0.1, 0.15) is 87.0 Å². The highest BCUT2D eigenvalue weighted by atomic mass is 16.4. The zero-order valence-electron chi connectivity index (χ0n) is 23.3. The highest BCUT2D eigenvalue weighted by molar-refractivity contribution is 6.00. The molecule has 37 heavy (non-hydrogen) atoms. The van der Waals surface area contributed by atoms with Crippen molar-refractivity contribution in [3.63, 3.8) is 0 Å². The van der Waals surface area contributed by atoms with Gasteiger partial charge in [0.2, 0.25) is 0 Å². The first-order valence-electron chi connectivity index (χ1n) is 13.7. The van der Waals surface area contributed by atoms with E-state index in [1.807, 2.05) is 34.6 Å². The summed E-state index contributed by atoms with van der Waals surface area (Å²) in [6.45, 7) is 13.4. The maximum absolute atomic E-state index is 14.1. The van der Waals surface area contributed by atoms with Crippen molar-refractivity contribution in [2.24, 2.45) is 39.4 Å². The molecule has 9 atom stereocenters. The summed E-state index contributed by atoms with van der Waals surface area (Å²) in [5.41, 5.74) is -0.477. The Kier molecular flexibility index (Phi) is 6.74. The summed E-state index contributed by atoms with van der Waals surface area (Å²) >= 11 is 0. The van der Waals surface area contributed by atoms with Crippen molar-refractivity contribution < 1.29 is 34.8 Å². The second kappa shape index (κ2) is 8.85. The fourth-order valence-electron chi connectivity index (χ4n) is 8.96. The molecule has 2 fully saturated rings. The van der Waals surface area contributed by atoms with Crippen LogP contribution in [0.15, 0.2) is 22.8 Å². The number of fused-ring (bicyclic) bond motifs is 4. The maximum atomic E-state index is 14.1. The van der Waals surface area contributed by atoms with Crippen LogP contribution < -0.4 is 0 Å². The molecule has 0 aromatic heterocycles. The summed E-state index contributed by atoms with van der Waals surface area (Å²) in [7, 11) is 0. The quantitative estimate of drug-likeness (QED) is 0.408. The number of Topliss-reactive ketones (excluding diaryl/α,β-unsaturated/α-hetero) is 1. The van der Waals surface area contributed by atoms with Crippen LogP contribution in [-0.4, -0.2) is 56.3 Å². The van der Waals surface area contributed by atoms with Crippen molar-refractivity contribution in [2.75, 3.05) is 0 Å². The topological polar surface area (TPSA) is 132 Å². The first kappa shape index (κ1) is 28.2. The molecule has 4 N–H and O–H groups in total. The molecule has 4 aliphatic rings. The normalized spacial score (nSPS) is 44.1. The van der Waals surface area contributed by atoms with E-state index in [2.05, 4.69) is 6.92 Å². The van der Waals surface area contributed by atoms with Crippen molar-refractivity contribution >= 4 is 17.5 Å². The molecular formula is C30H44O7. The van der Waals surface area contributed by atoms with Gasteiger partial charge in [-0.15, -0.1) is 0 Å². The highest BCUT2D eigenvalue weighted by Gasteiger charge is 2.69. The van der Waals surface area contributed by atoms with E-state index in [0.717, 1.165) is 5.57 Å². The van der Waals surface area contributed by atoms with Crippen LogP contribution >= 0.6 is 0 Å². The number of carboxylic acids is 1.